The summed E-state index contributed by atoms with van der Waals surface area (Å²) < 4.78 is 5.32. The number of benzene rings is 2. The van der Waals surface area contributed by atoms with Crippen molar-refractivity contribution in [2.75, 3.05) is 11.9 Å². The van der Waals surface area contributed by atoms with Gasteiger partial charge in [0.1, 0.15) is 17.7 Å². The molecule has 0 aromatic heterocycles. The molecule has 2 aromatic carbocycles. The Kier molecular flexibility index (Phi) is 11.1. The number of hydrogen-bond acceptors (Lipinski definition) is 5. The van der Waals surface area contributed by atoms with Crippen LogP contribution < -0.4 is 16.4 Å². The van der Waals surface area contributed by atoms with Crippen LogP contribution in [0.15, 0.2) is 42.5 Å². The van der Waals surface area contributed by atoms with E-state index < -0.39 is 47.9 Å². The molecule has 0 saturated heterocycles. The highest BCUT2D eigenvalue weighted by Crippen LogP contribution is 2.28. The van der Waals surface area contributed by atoms with Gasteiger partial charge in [0.2, 0.25) is 11.8 Å². The Morgan fingerprint density at radius 1 is 1.00 bits per heavy atom. The highest BCUT2D eigenvalue weighted by molar-refractivity contribution is 6.00. The number of nitrogens with zero attached hydrogens (tertiary/aromatic N) is 1. The highest BCUT2D eigenvalue weighted by Gasteiger charge is 2.37. The molecule has 0 fully saturated rings. The first-order valence-corrected chi connectivity index (χ1v) is 13.3. The van der Waals surface area contributed by atoms with Gasteiger partial charge in [-0.3, -0.25) is 14.4 Å². The second-order valence-corrected chi connectivity index (χ2v) is 10.8. The Morgan fingerprint density at radius 3 is 2.15 bits per heavy atom. The molecule has 0 spiro atoms. The van der Waals surface area contributed by atoms with Gasteiger partial charge >= 0.3 is 6.09 Å². The average molecular weight is 539 g/mol. The lowest BCUT2D eigenvalue weighted by molar-refractivity contribution is -0.142. The molecular formula is C30H42N4O5. The molecule has 2 rings (SSSR count). The Morgan fingerprint density at radius 2 is 1.62 bits per heavy atom. The van der Waals surface area contributed by atoms with Gasteiger partial charge in [0.05, 0.1) is 6.42 Å². The van der Waals surface area contributed by atoms with Crippen molar-refractivity contribution < 1.29 is 23.9 Å². The SMILES string of the molecule is CCCCN(C(=O)C(CC(N)=O)NC(=O)OC(C)(C)C)C(C(=O)Nc1c(C)cccc1C)c1cccc(C)c1. The minimum atomic E-state index is -1.31. The number of aryl methyl sites for hydroxylation is 3. The largest absolute Gasteiger partial charge is 0.444 e. The molecule has 2 unspecified atom stereocenters. The summed E-state index contributed by atoms with van der Waals surface area (Å²) in [4.78, 5) is 54.0. The maximum Gasteiger partial charge on any atom is 0.408 e. The third kappa shape index (κ3) is 9.42. The second-order valence-electron chi connectivity index (χ2n) is 10.8. The predicted octanol–water partition coefficient (Wildman–Crippen LogP) is 4.69. The van der Waals surface area contributed by atoms with Crippen LogP contribution in [0.5, 0.6) is 0 Å². The van der Waals surface area contributed by atoms with E-state index in [0.717, 1.165) is 23.1 Å². The third-order valence-electron chi connectivity index (χ3n) is 6.08. The van der Waals surface area contributed by atoms with Crippen LogP contribution in [0.1, 0.15) is 75.3 Å². The standard InChI is InChI=1S/C30H42N4O5/c1-8-9-16-34(28(37)23(18-24(31)35)32-29(38)39-30(5,6)7)26(22-15-10-12-19(2)17-22)27(36)33-25-20(3)13-11-14-21(25)4/h10-15,17,23,26H,8-9,16,18H2,1-7H3,(H2,31,35)(H,32,38)(H,33,36). The van der Waals surface area contributed by atoms with E-state index in [2.05, 4.69) is 10.6 Å². The first-order valence-electron chi connectivity index (χ1n) is 13.3. The molecule has 0 aliphatic rings. The summed E-state index contributed by atoms with van der Waals surface area (Å²) in [5.41, 5.74) is 8.61. The van der Waals surface area contributed by atoms with Crippen LogP contribution in [0, 0.1) is 20.8 Å². The molecule has 39 heavy (non-hydrogen) atoms. The summed E-state index contributed by atoms with van der Waals surface area (Å²) in [6.07, 6.45) is 0.0490. The van der Waals surface area contributed by atoms with E-state index in [1.165, 1.54) is 4.90 Å². The molecule has 0 aliphatic carbocycles. The predicted molar refractivity (Wildman–Crippen MR) is 152 cm³/mol. The maximum atomic E-state index is 14.0. The summed E-state index contributed by atoms with van der Waals surface area (Å²) in [6, 6.07) is 10.7. The number of carbonyl (C=O) groups is 4. The van der Waals surface area contributed by atoms with Crippen molar-refractivity contribution >= 4 is 29.5 Å². The maximum absolute atomic E-state index is 14.0. The number of para-hydroxylation sites is 1. The van der Waals surface area contributed by atoms with Gasteiger partial charge in [-0.1, -0.05) is 61.4 Å². The Labute approximate surface area is 231 Å². The van der Waals surface area contributed by atoms with Gasteiger partial charge < -0.3 is 26.0 Å². The molecule has 0 saturated carbocycles. The van der Waals surface area contributed by atoms with Gasteiger partial charge in [0.25, 0.3) is 5.91 Å². The van der Waals surface area contributed by atoms with E-state index in [-0.39, 0.29) is 6.54 Å². The lowest BCUT2D eigenvalue weighted by Gasteiger charge is -2.34. The van der Waals surface area contributed by atoms with E-state index >= 15 is 0 Å². The van der Waals surface area contributed by atoms with Gasteiger partial charge in [-0.05, 0) is 64.7 Å². The Bertz CT molecular complexity index is 1170. The lowest BCUT2D eigenvalue weighted by Crippen LogP contribution is -2.53. The van der Waals surface area contributed by atoms with Gasteiger partial charge in [0.15, 0.2) is 0 Å². The van der Waals surface area contributed by atoms with Crippen LogP contribution in [0.3, 0.4) is 0 Å². The van der Waals surface area contributed by atoms with Crippen LogP contribution >= 0.6 is 0 Å². The van der Waals surface area contributed by atoms with Crippen LogP contribution in [0.4, 0.5) is 10.5 Å². The molecule has 2 atom stereocenters. The zero-order valence-electron chi connectivity index (χ0n) is 24.1. The molecule has 4 N–H and O–H groups in total. The van der Waals surface area contributed by atoms with Crippen molar-refractivity contribution in [3.63, 3.8) is 0 Å². The number of anilines is 1. The second kappa shape index (κ2) is 13.8. The number of carbonyl (C=O) groups excluding carboxylic acids is 4. The van der Waals surface area contributed by atoms with Crippen LogP contribution in [0.2, 0.25) is 0 Å². The molecule has 0 bridgehead atoms. The van der Waals surface area contributed by atoms with Crippen molar-refractivity contribution in [3.05, 3.63) is 64.7 Å². The molecule has 0 heterocycles. The van der Waals surface area contributed by atoms with E-state index in [9.17, 15) is 19.2 Å². The first-order chi connectivity index (χ1) is 18.2. The number of ether oxygens (including phenoxy) is 1. The van der Waals surface area contributed by atoms with Crippen molar-refractivity contribution in [2.24, 2.45) is 5.73 Å². The van der Waals surface area contributed by atoms with E-state index in [4.69, 9.17) is 10.5 Å². The van der Waals surface area contributed by atoms with Crippen LogP contribution in [-0.4, -0.2) is 46.9 Å². The number of nitrogens with two attached hydrogens (primary N) is 1. The monoisotopic (exact) mass is 538 g/mol. The third-order valence-corrected chi connectivity index (χ3v) is 6.08. The number of nitrogens with one attached hydrogen (secondary N) is 2. The van der Waals surface area contributed by atoms with Crippen molar-refractivity contribution in [2.45, 2.75) is 85.4 Å². The number of primary amides is 1. The van der Waals surface area contributed by atoms with E-state index in [1.807, 2.05) is 64.1 Å². The quantitative estimate of drug-likeness (QED) is 0.382. The van der Waals surface area contributed by atoms with Gasteiger partial charge in [-0.2, -0.15) is 0 Å². The van der Waals surface area contributed by atoms with Crippen molar-refractivity contribution in [3.8, 4) is 0 Å². The highest BCUT2D eigenvalue weighted by atomic mass is 16.6. The molecule has 9 nitrogen and oxygen atoms in total. The number of amides is 4. The van der Waals surface area contributed by atoms with Crippen LogP contribution in [0.25, 0.3) is 0 Å². The lowest BCUT2D eigenvalue weighted by atomic mass is 9.99. The van der Waals surface area contributed by atoms with Crippen LogP contribution in [-0.2, 0) is 19.1 Å². The van der Waals surface area contributed by atoms with E-state index in [0.29, 0.717) is 17.7 Å². The van der Waals surface area contributed by atoms with Crippen molar-refractivity contribution in [1.29, 1.82) is 0 Å². The fourth-order valence-corrected chi connectivity index (χ4v) is 4.26. The van der Waals surface area contributed by atoms with Gasteiger partial charge in [-0.15, -0.1) is 0 Å². The summed E-state index contributed by atoms with van der Waals surface area (Å²) in [5.74, 6) is -1.78. The Hall–Kier alpha value is -3.88. The number of rotatable bonds is 11. The fourth-order valence-electron chi connectivity index (χ4n) is 4.26. The summed E-state index contributed by atoms with van der Waals surface area (Å²) >= 11 is 0. The number of alkyl carbamates (subject to hydrolysis) is 1. The molecule has 9 heteroatoms. The average Bonchev–Trinajstić information content (AvgIpc) is 2.81. The molecular weight excluding hydrogens is 496 g/mol. The fraction of sp³-hybridized carbons (Fsp3) is 0.467. The van der Waals surface area contributed by atoms with E-state index in [1.54, 1.807) is 26.8 Å². The molecule has 0 aliphatic heterocycles. The first kappa shape index (κ1) is 31.3. The number of hydrogen-bond donors (Lipinski definition) is 3. The van der Waals surface area contributed by atoms with Gasteiger partial charge in [-0.25, -0.2) is 4.79 Å². The topological polar surface area (TPSA) is 131 Å². The minimum absolute atomic E-state index is 0.222. The minimum Gasteiger partial charge on any atom is -0.444 e. The zero-order valence-corrected chi connectivity index (χ0v) is 24.1. The molecule has 4 amide bonds. The summed E-state index contributed by atoms with van der Waals surface area (Å²) in [5, 5.41) is 5.52. The normalized spacial score (nSPS) is 12.7. The summed E-state index contributed by atoms with van der Waals surface area (Å²) in [7, 11) is 0. The molecule has 212 valence electrons. The van der Waals surface area contributed by atoms with Crippen molar-refractivity contribution in [1.82, 2.24) is 10.2 Å². The smallest absolute Gasteiger partial charge is 0.408 e. The Balaban J connectivity index is 2.57. The molecule has 0 radical (unpaired) electrons. The molecule has 2 aromatic rings. The zero-order chi connectivity index (χ0) is 29.3. The van der Waals surface area contributed by atoms with Gasteiger partial charge in [0, 0.05) is 12.2 Å². The summed E-state index contributed by atoms with van der Waals surface area (Å²) in [6.45, 7) is 13.0. The number of unbranched alkanes of at least 4 members (excludes halogenated alkanes) is 1.